The molecule has 2 aromatic carbocycles. The number of amides is 1. The van der Waals surface area contributed by atoms with Crippen LogP contribution in [0.25, 0.3) is 10.2 Å². The van der Waals surface area contributed by atoms with E-state index in [0.29, 0.717) is 46.8 Å². The third-order valence-electron chi connectivity index (χ3n) is 3.93. The number of halogens is 2. The zero-order valence-corrected chi connectivity index (χ0v) is 17.9. The second-order valence-corrected chi connectivity index (χ2v) is 7.73. The average Bonchev–Trinajstić information content (AvgIpc) is 2.99. The van der Waals surface area contributed by atoms with Gasteiger partial charge in [0.15, 0.2) is 4.80 Å². The largest absolute Gasteiger partial charge is 0.492 e. The second kappa shape index (κ2) is 9.56. The number of rotatable bonds is 7. The molecule has 3 aromatic rings. The van der Waals surface area contributed by atoms with E-state index in [2.05, 4.69) is 4.99 Å². The SMILES string of the molecule is CCOCCn1c(=NC(=O)c2cc(Cl)cc(Cl)c2)sc2cccc(OCC)c21. The molecule has 1 amide bonds. The molecule has 148 valence electrons. The summed E-state index contributed by atoms with van der Waals surface area (Å²) in [7, 11) is 0. The number of aromatic nitrogens is 1. The highest BCUT2D eigenvalue weighted by Crippen LogP contribution is 2.28. The van der Waals surface area contributed by atoms with Gasteiger partial charge in [-0.3, -0.25) is 4.79 Å². The molecular weight excluding hydrogens is 419 g/mol. The van der Waals surface area contributed by atoms with Crippen LogP contribution < -0.4 is 9.54 Å². The van der Waals surface area contributed by atoms with Crippen LogP contribution in [-0.2, 0) is 11.3 Å². The second-order valence-electron chi connectivity index (χ2n) is 5.84. The van der Waals surface area contributed by atoms with E-state index in [1.54, 1.807) is 18.2 Å². The Kier molecular flexibility index (Phi) is 7.13. The van der Waals surface area contributed by atoms with E-state index in [-0.39, 0.29) is 0 Å². The first-order chi connectivity index (χ1) is 13.5. The smallest absolute Gasteiger partial charge is 0.279 e. The van der Waals surface area contributed by atoms with Crippen molar-refractivity contribution >= 4 is 50.7 Å². The molecule has 0 aliphatic rings. The molecule has 0 saturated heterocycles. The van der Waals surface area contributed by atoms with Crippen molar-refractivity contribution in [2.45, 2.75) is 20.4 Å². The monoisotopic (exact) mass is 438 g/mol. The maximum absolute atomic E-state index is 12.7. The van der Waals surface area contributed by atoms with Crippen LogP contribution >= 0.6 is 34.5 Å². The van der Waals surface area contributed by atoms with Crippen LogP contribution in [0.2, 0.25) is 10.0 Å². The number of carbonyl (C=O) groups excluding carboxylic acids is 1. The van der Waals surface area contributed by atoms with Gasteiger partial charge >= 0.3 is 0 Å². The quantitative estimate of drug-likeness (QED) is 0.477. The van der Waals surface area contributed by atoms with Crippen molar-refractivity contribution < 1.29 is 14.3 Å². The fourth-order valence-electron chi connectivity index (χ4n) is 2.79. The normalized spacial score (nSPS) is 11.9. The van der Waals surface area contributed by atoms with E-state index in [0.717, 1.165) is 16.0 Å². The molecule has 5 nitrogen and oxygen atoms in total. The standard InChI is InChI=1S/C20H20Cl2N2O3S/c1-3-26-9-8-24-18-16(27-4-2)6-5-7-17(18)28-20(24)23-19(25)13-10-14(21)12-15(22)11-13/h5-7,10-12H,3-4,8-9H2,1-2H3. The van der Waals surface area contributed by atoms with Gasteiger partial charge in [0.1, 0.15) is 11.3 Å². The minimum absolute atomic E-state index is 0.344. The summed E-state index contributed by atoms with van der Waals surface area (Å²) in [5.74, 6) is 0.353. The first-order valence-electron chi connectivity index (χ1n) is 8.91. The highest BCUT2D eigenvalue weighted by Gasteiger charge is 2.14. The average molecular weight is 439 g/mol. The van der Waals surface area contributed by atoms with Gasteiger partial charge in [-0.2, -0.15) is 4.99 Å². The fraction of sp³-hybridized carbons (Fsp3) is 0.300. The molecule has 0 fully saturated rings. The van der Waals surface area contributed by atoms with Crippen molar-refractivity contribution in [1.82, 2.24) is 4.57 Å². The number of hydrogen-bond donors (Lipinski definition) is 0. The Bertz CT molecular complexity index is 1040. The van der Waals surface area contributed by atoms with Gasteiger partial charge in [0, 0.05) is 28.8 Å². The van der Waals surface area contributed by atoms with Gasteiger partial charge in [-0.1, -0.05) is 40.6 Å². The number of benzene rings is 2. The molecule has 1 heterocycles. The van der Waals surface area contributed by atoms with Gasteiger partial charge < -0.3 is 14.0 Å². The first kappa shape index (κ1) is 20.9. The maximum atomic E-state index is 12.7. The van der Waals surface area contributed by atoms with Crippen LogP contribution in [0.15, 0.2) is 41.4 Å². The minimum Gasteiger partial charge on any atom is -0.492 e. The van der Waals surface area contributed by atoms with E-state index in [9.17, 15) is 4.79 Å². The molecule has 8 heteroatoms. The Morgan fingerprint density at radius 3 is 2.57 bits per heavy atom. The number of fused-ring (bicyclic) bond motifs is 1. The summed E-state index contributed by atoms with van der Waals surface area (Å²) in [6.07, 6.45) is 0. The molecule has 28 heavy (non-hydrogen) atoms. The van der Waals surface area contributed by atoms with Gasteiger partial charge in [0.25, 0.3) is 5.91 Å². The van der Waals surface area contributed by atoms with Crippen molar-refractivity contribution in [2.75, 3.05) is 19.8 Å². The maximum Gasteiger partial charge on any atom is 0.279 e. The van der Waals surface area contributed by atoms with Gasteiger partial charge in [0.05, 0.1) is 17.9 Å². The van der Waals surface area contributed by atoms with Gasteiger partial charge in [-0.05, 0) is 44.2 Å². The summed E-state index contributed by atoms with van der Waals surface area (Å²) < 4.78 is 14.2. The number of nitrogens with zero attached hydrogens (tertiary/aromatic N) is 2. The number of ether oxygens (including phenoxy) is 2. The summed E-state index contributed by atoms with van der Waals surface area (Å²) in [5, 5.41) is 0.787. The predicted molar refractivity (Wildman–Crippen MR) is 114 cm³/mol. The number of carbonyl (C=O) groups is 1. The van der Waals surface area contributed by atoms with Crippen LogP contribution in [0.4, 0.5) is 0 Å². The molecule has 0 N–H and O–H groups in total. The fourth-order valence-corrected chi connectivity index (χ4v) is 4.39. The third-order valence-corrected chi connectivity index (χ3v) is 5.41. The van der Waals surface area contributed by atoms with E-state index in [1.165, 1.54) is 11.3 Å². The van der Waals surface area contributed by atoms with Crippen LogP contribution in [0.5, 0.6) is 5.75 Å². The van der Waals surface area contributed by atoms with Crippen LogP contribution in [0.1, 0.15) is 24.2 Å². The lowest BCUT2D eigenvalue weighted by Crippen LogP contribution is -2.20. The minimum atomic E-state index is -0.404. The molecule has 0 aliphatic carbocycles. The molecule has 0 saturated carbocycles. The summed E-state index contributed by atoms with van der Waals surface area (Å²) in [6, 6.07) is 10.5. The van der Waals surface area contributed by atoms with Crippen molar-refractivity contribution in [1.29, 1.82) is 0 Å². The molecule has 1 aromatic heterocycles. The number of hydrogen-bond acceptors (Lipinski definition) is 4. The Labute approximate surface area is 177 Å². The lowest BCUT2D eigenvalue weighted by molar-refractivity contribution is 0.0996. The van der Waals surface area contributed by atoms with Crippen molar-refractivity contribution in [2.24, 2.45) is 4.99 Å². The summed E-state index contributed by atoms with van der Waals surface area (Å²) in [6.45, 7) is 6.11. The van der Waals surface area contributed by atoms with E-state index in [1.807, 2.05) is 36.6 Å². The zero-order valence-electron chi connectivity index (χ0n) is 15.6. The predicted octanol–water partition coefficient (Wildman–Crippen LogP) is 5.19. The Morgan fingerprint density at radius 2 is 1.89 bits per heavy atom. The van der Waals surface area contributed by atoms with Gasteiger partial charge in [-0.15, -0.1) is 0 Å². The number of thiazole rings is 1. The Hall–Kier alpha value is -1.86. The van der Waals surface area contributed by atoms with Crippen LogP contribution in [0.3, 0.4) is 0 Å². The zero-order chi connectivity index (χ0) is 20.1. The van der Waals surface area contributed by atoms with E-state index in [4.69, 9.17) is 32.7 Å². The van der Waals surface area contributed by atoms with Crippen LogP contribution in [-0.4, -0.2) is 30.3 Å². The molecule has 0 radical (unpaired) electrons. The van der Waals surface area contributed by atoms with E-state index < -0.39 is 5.91 Å². The van der Waals surface area contributed by atoms with Crippen molar-refractivity contribution in [3.63, 3.8) is 0 Å². The molecule has 0 aliphatic heterocycles. The van der Waals surface area contributed by atoms with Gasteiger partial charge in [-0.25, -0.2) is 0 Å². The first-order valence-corrected chi connectivity index (χ1v) is 10.5. The lowest BCUT2D eigenvalue weighted by Gasteiger charge is -2.09. The molecular formula is C20H20Cl2N2O3S. The third kappa shape index (κ3) is 4.75. The Morgan fingerprint density at radius 1 is 1.14 bits per heavy atom. The molecule has 3 rings (SSSR count). The highest BCUT2D eigenvalue weighted by atomic mass is 35.5. The molecule has 0 unspecified atom stereocenters. The molecule has 0 spiro atoms. The topological polar surface area (TPSA) is 52.8 Å². The van der Waals surface area contributed by atoms with Crippen LogP contribution in [0, 0.1) is 0 Å². The molecule has 0 bridgehead atoms. The molecule has 0 atom stereocenters. The lowest BCUT2D eigenvalue weighted by atomic mass is 10.2. The van der Waals surface area contributed by atoms with Crippen molar-refractivity contribution in [3.05, 3.63) is 56.8 Å². The summed E-state index contributed by atoms with van der Waals surface area (Å²) >= 11 is 13.5. The Balaban J connectivity index is 2.12. The highest BCUT2D eigenvalue weighted by molar-refractivity contribution is 7.16. The summed E-state index contributed by atoms with van der Waals surface area (Å²) in [5.41, 5.74) is 1.25. The van der Waals surface area contributed by atoms with Gasteiger partial charge in [0.2, 0.25) is 0 Å². The van der Waals surface area contributed by atoms with Crippen molar-refractivity contribution in [3.8, 4) is 5.75 Å². The summed E-state index contributed by atoms with van der Waals surface area (Å²) in [4.78, 5) is 17.7. The number of para-hydroxylation sites is 1. The van der Waals surface area contributed by atoms with E-state index >= 15 is 0 Å².